The summed E-state index contributed by atoms with van der Waals surface area (Å²) >= 11 is 0. The van der Waals surface area contributed by atoms with E-state index in [0.717, 1.165) is 24.3 Å². The van der Waals surface area contributed by atoms with Gasteiger partial charge in [0.25, 0.3) is 5.91 Å². The van der Waals surface area contributed by atoms with E-state index in [2.05, 4.69) is 5.32 Å². The van der Waals surface area contributed by atoms with Gasteiger partial charge in [0.1, 0.15) is 6.04 Å². The molecule has 0 spiro atoms. The Hall–Kier alpha value is -2.05. The minimum absolute atomic E-state index is 0.0232. The number of halogens is 3. The SMILES string of the molecule is CC(C)C(NC(=O)c1ccc(C(F)(F)F)cc1)C(=O)O. The van der Waals surface area contributed by atoms with Crippen LogP contribution in [0.5, 0.6) is 0 Å². The van der Waals surface area contributed by atoms with Gasteiger partial charge in [-0.25, -0.2) is 4.79 Å². The maximum absolute atomic E-state index is 12.4. The summed E-state index contributed by atoms with van der Waals surface area (Å²) in [6, 6.07) is 2.49. The van der Waals surface area contributed by atoms with Crippen molar-refractivity contribution in [3.63, 3.8) is 0 Å². The molecular weight excluding hydrogens is 275 g/mol. The molecule has 1 unspecified atom stereocenters. The highest BCUT2D eigenvalue weighted by Gasteiger charge is 2.30. The molecule has 0 aliphatic rings. The van der Waals surface area contributed by atoms with E-state index in [9.17, 15) is 22.8 Å². The minimum atomic E-state index is -4.48. The first kappa shape index (κ1) is 16.0. The summed E-state index contributed by atoms with van der Waals surface area (Å²) in [7, 11) is 0. The molecule has 0 aromatic heterocycles. The van der Waals surface area contributed by atoms with E-state index < -0.39 is 29.7 Å². The third kappa shape index (κ3) is 3.97. The molecule has 2 N–H and O–H groups in total. The van der Waals surface area contributed by atoms with E-state index in [1.54, 1.807) is 13.8 Å². The Bertz CT molecular complexity index is 495. The topological polar surface area (TPSA) is 66.4 Å². The third-order valence-corrected chi connectivity index (χ3v) is 2.69. The molecule has 1 rings (SSSR count). The zero-order chi connectivity index (χ0) is 15.5. The Balaban J connectivity index is 2.85. The average Bonchev–Trinajstić information content (AvgIpc) is 2.34. The summed E-state index contributed by atoms with van der Waals surface area (Å²) in [5.41, 5.74) is -0.891. The van der Waals surface area contributed by atoms with Gasteiger partial charge in [-0.15, -0.1) is 0 Å². The number of aliphatic carboxylic acids is 1. The largest absolute Gasteiger partial charge is 0.480 e. The summed E-state index contributed by atoms with van der Waals surface area (Å²) in [5.74, 6) is -2.26. The van der Waals surface area contributed by atoms with E-state index in [-0.39, 0.29) is 11.5 Å². The second kappa shape index (κ2) is 5.94. The summed E-state index contributed by atoms with van der Waals surface area (Å²) in [5, 5.41) is 11.2. The number of carbonyl (C=O) groups is 2. The van der Waals surface area contributed by atoms with Gasteiger partial charge in [-0.3, -0.25) is 4.79 Å². The molecule has 1 atom stereocenters. The number of benzene rings is 1. The standard InChI is InChI=1S/C13H14F3NO3/c1-7(2)10(12(19)20)17-11(18)8-3-5-9(6-4-8)13(14,15)16/h3-7,10H,1-2H3,(H,17,18)(H,19,20). The highest BCUT2D eigenvalue weighted by atomic mass is 19.4. The van der Waals surface area contributed by atoms with Gasteiger partial charge in [0.15, 0.2) is 0 Å². The first-order valence-electron chi connectivity index (χ1n) is 5.84. The van der Waals surface area contributed by atoms with Crippen molar-refractivity contribution < 1.29 is 27.9 Å². The molecule has 0 saturated carbocycles. The second-order valence-electron chi connectivity index (χ2n) is 4.61. The van der Waals surface area contributed by atoms with Gasteiger partial charge in [-0.2, -0.15) is 13.2 Å². The zero-order valence-electron chi connectivity index (χ0n) is 10.9. The maximum Gasteiger partial charge on any atom is 0.416 e. The molecule has 0 aliphatic heterocycles. The Morgan fingerprint density at radius 1 is 1.15 bits per heavy atom. The zero-order valence-corrected chi connectivity index (χ0v) is 10.9. The number of carboxylic acids is 1. The van der Waals surface area contributed by atoms with Crippen LogP contribution in [-0.4, -0.2) is 23.0 Å². The quantitative estimate of drug-likeness (QED) is 0.895. The van der Waals surface area contributed by atoms with Crippen LogP contribution in [0.1, 0.15) is 29.8 Å². The lowest BCUT2D eigenvalue weighted by Gasteiger charge is -2.18. The van der Waals surface area contributed by atoms with Gasteiger partial charge >= 0.3 is 12.1 Å². The number of amides is 1. The molecule has 0 fully saturated rings. The predicted molar refractivity (Wildman–Crippen MR) is 65.2 cm³/mol. The van der Waals surface area contributed by atoms with Crippen LogP contribution in [0.4, 0.5) is 13.2 Å². The van der Waals surface area contributed by atoms with Crippen LogP contribution in [0.2, 0.25) is 0 Å². The van der Waals surface area contributed by atoms with E-state index in [0.29, 0.717) is 0 Å². The van der Waals surface area contributed by atoms with Crippen molar-refractivity contribution in [1.82, 2.24) is 5.32 Å². The Morgan fingerprint density at radius 2 is 1.65 bits per heavy atom. The van der Waals surface area contributed by atoms with Crippen molar-refractivity contribution in [3.8, 4) is 0 Å². The summed E-state index contributed by atoms with van der Waals surface area (Å²) in [6.07, 6.45) is -4.48. The number of carbonyl (C=O) groups excluding carboxylic acids is 1. The van der Waals surface area contributed by atoms with Crippen LogP contribution in [0.15, 0.2) is 24.3 Å². The third-order valence-electron chi connectivity index (χ3n) is 2.69. The van der Waals surface area contributed by atoms with Gasteiger partial charge in [-0.05, 0) is 30.2 Å². The molecule has 0 heterocycles. The first-order chi connectivity index (χ1) is 9.12. The first-order valence-corrected chi connectivity index (χ1v) is 5.84. The number of hydrogen-bond acceptors (Lipinski definition) is 2. The van der Waals surface area contributed by atoms with Crippen LogP contribution in [0.3, 0.4) is 0 Å². The predicted octanol–water partition coefficient (Wildman–Crippen LogP) is 2.54. The number of alkyl halides is 3. The molecule has 1 aromatic carbocycles. The summed E-state index contributed by atoms with van der Waals surface area (Å²) < 4.78 is 37.1. The maximum atomic E-state index is 12.4. The minimum Gasteiger partial charge on any atom is -0.480 e. The molecule has 1 amide bonds. The van der Waals surface area contributed by atoms with Crippen molar-refractivity contribution in [1.29, 1.82) is 0 Å². The molecule has 1 aromatic rings. The van der Waals surface area contributed by atoms with Gasteiger partial charge in [0, 0.05) is 5.56 Å². The fourth-order valence-electron chi connectivity index (χ4n) is 1.55. The highest BCUT2D eigenvalue weighted by Crippen LogP contribution is 2.29. The van der Waals surface area contributed by atoms with Gasteiger partial charge < -0.3 is 10.4 Å². The van der Waals surface area contributed by atoms with Crippen LogP contribution < -0.4 is 5.32 Å². The summed E-state index contributed by atoms with van der Waals surface area (Å²) in [4.78, 5) is 22.7. The molecular formula is C13H14F3NO3. The molecule has 110 valence electrons. The number of carboxylic acid groups (broad SMARTS) is 1. The lowest BCUT2D eigenvalue weighted by Crippen LogP contribution is -2.44. The lowest BCUT2D eigenvalue weighted by atomic mass is 10.0. The molecule has 0 radical (unpaired) electrons. The smallest absolute Gasteiger partial charge is 0.416 e. The van der Waals surface area contributed by atoms with Gasteiger partial charge in [0.2, 0.25) is 0 Å². The lowest BCUT2D eigenvalue weighted by molar-refractivity contribution is -0.140. The molecule has 0 aliphatic carbocycles. The Kier molecular flexibility index (Phi) is 4.75. The molecule has 20 heavy (non-hydrogen) atoms. The van der Waals surface area contributed by atoms with E-state index in [1.165, 1.54) is 0 Å². The molecule has 0 bridgehead atoms. The highest BCUT2D eigenvalue weighted by molar-refractivity contribution is 5.96. The fourth-order valence-corrected chi connectivity index (χ4v) is 1.55. The molecule has 7 heteroatoms. The van der Waals surface area contributed by atoms with Gasteiger partial charge in [0.05, 0.1) is 5.56 Å². The van der Waals surface area contributed by atoms with Crippen molar-refractivity contribution in [3.05, 3.63) is 35.4 Å². The van der Waals surface area contributed by atoms with Crippen LogP contribution in [-0.2, 0) is 11.0 Å². The number of rotatable bonds is 4. The number of hydrogen-bond donors (Lipinski definition) is 2. The Morgan fingerprint density at radius 3 is 2.00 bits per heavy atom. The van der Waals surface area contributed by atoms with Gasteiger partial charge in [-0.1, -0.05) is 13.8 Å². The van der Waals surface area contributed by atoms with E-state index in [4.69, 9.17) is 5.11 Å². The Labute approximate surface area is 113 Å². The van der Waals surface area contributed by atoms with Crippen LogP contribution in [0.25, 0.3) is 0 Å². The van der Waals surface area contributed by atoms with E-state index >= 15 is 0 Å². The monoisotopic (exact) mass is 289 g/mol. The fraction of sp³-hybridized carbons (Fsp3) is 0.385. The second-order valence-corrected chi connectivity index (χ2v) is 4.61. The normalized spacial score (nSPS) is 13.1. The van der Waals surface area contributed by atoms with Crippen LogP contribution in [0, 0.1) is 5.92 Å². The molecule has 0 saturated heterocycles. The van der Waals surface area contributed by atoms with Crippen molar-refractivity contribution in [2.75, 3.05) is 0 Å². The number of nitrogens with one attached hydrogen (secondary N) is 1. The van der Waals surface area contributed by atoms with Crippen LogP contribution >= 0.6 is 0 Å². The summed E-state index contributed by atoms with van der Waals surface area (Å²) in [6.45, 7) is 3.23. The average molecular weight is 289 g/mol. The van der Waals surface area contributed by atoms with Crippen molar-refractivity contribution in [2.45, 2.75) is 26.1 Å². The van der Waals surface area contributed by atoms with Crippen molar-refractivity contribution in [2.24, 2.45) is 5.92 Å². The van der Waals surface area contributed by atoms with Crippen molar-refractivity contribution >= 4 is 11.9 Å². The molecule has 4 nitrogen and oxygen atoms in total. The van der Waals surface area contributed by atoms with E-state index in [1.807, 2.05) is 0 Å².